The molecule has 0 unspecified atom stereocenters. The number of aryl methyl sites for hydroxylation is 1. The van der Waals surface area contributed by atoms with E-state index in [-0.39, 0.29) is 5.91 Å². The molecule has 0 radical (unpaired) electrons. The molecule has 5 nitrogen and oxygen atoms in total. The fraction of sp³-hybridized carbons (Fsp3) is 0.545. The third-order valence-corrected chi connectivity index (χ3v) is 6.67. The lowest BCUT2D eigenvalue weighted by Gasteiger charge is -2.36. The Morgan fingerprint density at radius 1 is 1.11 bits per heavy atom. The van der Waals surface area contributed by atoms with E-state index >= 15 is 0 Å². The van der Waals surface area contributed by atoms with Crippen LogP contribution in [0.2, 0.25) is 0 Å². The van der Waals surface area contributed by atoms with Gasteiger partial charge in [0.25, 0.3) is 0 Å². The third kappa shape index (κ3) is 5.19. The number of hydrogen-bond donors (Lipinski definition) is 0. The number of ether oxygens (including phenoxy) is 1. The van der Waals surface area contributed by atoms with E-state index in [0.29, 0.717) is 6.42 Å². The van der Waals surface area contributed by atoms with Gasteiger partial charge in [-0.15, -0.1) is 11.3 Å². The normalized spacial score (nSPS) is 19.1. The molecule has 0 bridgehead atoms. The van der Waals surface area contributed by atoms with Crippen molar-refractivity contribution in [3.05, 3.63) is 40.7 Å². The topological polar surface area (TPSA) is 45.7 Å². The van der Waals surface area contributed by atoms with Crippen LogP contribution in [0.5, 0.6) is 0 Å². The molecule has 4 rings (SSSR count). The fourth-order valence-electron chi connectivity index (χ4n) is 4.05. The van der Waals surface area contributed by atoms with Crippen molar-refractivity contribution in [2.45, 2.75) is 25.7 Å². The molecule has 1 aromatic carbocycles. The first-order chi connectivity index (χ1) is 13.8. The highest BCUT2D eigenvalue weighted by molar-refractivity contribution is 7.09. The molecule has 2 saturated heterocycles. The largest absolute Gasteiger partial charge is 0.379 e. The van der Waals surface area contributed by atoms with Crippen LogP contribution >= 0.6 is 11.3 Å². The van der Waals surface area contributed by atoms with Crippen LogP contribution in [0.1, 0.15) is 24.3 Å². The molecule has 150 valence electrons. The zero-order valence-corrected chi connectivity index (χ0v) is 17.2. The van der Waals surface area contributed by atoms with Crippen molar-refractivity contribution in [3.63, 3.8) is 0 Å². The lowest BCUT2D eigenvalue weighted by molar-refractivity contribution is -0.132. The van der Waals surface area contributed by atoms with E-state index < -0.39 is 0 Å². The molecule has 2 aliphatic heterocycles. The molecule has 0 aliphatic carbocycles. The molecule has 6 heteroatoms. The summed E-state index contributed by atoms with van der Waals surface area (Å²) < 4.78 is 5.43. The van der Waals surface area contributed by atoms with Gasteiger partial charge in [0.1, 0.15) is 0 Å². The summed E-state index contributed by atoms with van der Waals surface area (Å²) in [7, 11) is 0. The predicted molar refractivity (Wildman–Crippen MR) is 112 cm³/mol. The summed E-state index contributed by atoms with van der Waals surface area (Å²) in [5, 5.41) is 3.14. The molecule has 0 spiro atoms. The van der Waals surface area contributed by atoms with E-state index in [9.17, 15) is 4.79 Å². The highest BCUT2D eigenvalue weighted by atomic mass is 32.1. The maximum absolute atomic E-state index is 12.6. The van der Waals surface area contributed by atoms with Gasteiger partial charge in [0.05, 0.1) is 23.9 Å². The van der Waals surface area contributed by atoms with Gasteiger partial charge in [-0.05, 0) is 18.8 Å². The zero-order chi connectivity index (χ0) is 19.2. The van der Waals surface area contributed by atoms with Crippen molar-refractivity contribution >= 4 is 17.2 Å². The van der Waals surface area contributed by atoms with Gasteiger partial charge in [-0.2, -0.15) is 0 Å². The lowest BCUT2D eigenvalue weighted by Crippen LogP contribution is -2.44. The van der Waals surface area contributed by atoms with Crippen LogP contribution in [0.3, 0.4) is 0 Å². The molecule has 0 N–H and O–H groups in total. The van der Waals surface area contributed by atoms with Gasteiger partial charge < -0.3 is 9.64 Å². The van der Waals surface area contributed by atoms with Crippen LogP contribution in [-0.4, -0.2) is 66.6 Å². The average Bonchev–Trinajstić information content (AvgIpc) is 3.23. The summed E-state index contributed by atoms with van der Waals surface area (Å²) in [6.07, 6.45) is 3.55. The van der Waals surface area contributed by atoms with E-state index in [1.807, 2.05) is 18.2 Å². The predicted octanol–water partition coefficient (Wildman–Crippen LogP) is 3.31. The van der Waals surface area contributed by atoms with Gasteiger partial charge in [0, 0.05) is 56.5 Å². The number of rotatable bonds is 6. The Balaban J connectivity index is 1.20. The van der Waals surface area contributed by atoms with Crippen molar-refractivity contribution in [1.82, 2.24) is 14.8 Å². The molecular formula is C22H29N3O2S. The number of piperidine rings is 1. The Bertz CT molecular complexity index is 750. The van der Waals surface area contributed by atoms with E-state index in [1.165, 1.54) is 0 Å². The SMILES string of the molecule is O=C(CCc1nc(-c2ccccc2)cs1)N1CCC(CN2CCOCC2)CC1. The van der Waals surface area contributed by atoms with E-state index in [0.717, 1.165) is 87.4 Å². The summed E-state index contributed by atoms with van der Waals surface area (Å²) in [5.74, 6) is 0.996. The number of benzene rings is 1. The lowest BCUT2D eigenvalue weighted by atomic mass is 9.95. The van der Waals surface area contributed by atoms with Crippen molar-refractivity contribution in [3.8, 4) is 11.3 Å². The number of nitrogens with zero attached hydrogens (tertiary/aromatic N) is 3. The van der Waals surface area contributed by atoms with Crippen molar-refractivity contribution in [2.24, 2.45) is 5.92 Å². The Kier molecular flexibility index (Phi) is 6.73. The highest BCUT2D eigenvalue weighted by Gasteiger charge is 2.25. The second-order valence-electron chi connectivity index (χ2n) is 7.73. The van der Waals surface area contributed by atoms with Crippen LogP contribution in [0.4, 0.5) is 0 Å². The molecule has 3 heterocycles. The Labute approximate surface area is 171 Å². The molecular weight excluding hydrogens is 370 g/mol. The zero-order valence-electron chi connectivity index (χ0n) is 16.4. The second-order valence-corrected chi connectivity index (χ2v) is 8.67. The minimum Gasteiger partial charge on any atom is -0.379 e. The molecule has 2 fully saturated rings. The van der Waals surface area contributed by atoms with Gasteiger partial charge in [-0.3, -0.25) is 9.69 Å². The van der Waals surface area contributed by atoms with Gasteiger partial charge in [-0.1, -0.05) is 30.3 Å². The Morgan fingerprint density at radius 3 is 2.61 bits per heavy atom. The van der Waals surface area contributed by atoms with Crippen LogP contribution in [-0.2, 0) is 16.0 Å². The highest BCUT2D eigenvalue weighted by Crippen LogP contribution is 2.23. The van der Waals surface area contributed by atoms with Crippen LogP contribution in [0, 0.1) is 5.92 Å². The number of morpholine rings is 1. The summed E-state index contributed by atoms with van der Waals surface area (Å²) in [5.41, 5.74) is 2.15. The van der Waals surface area contributed by atoms with Gasteiger partial charge in [0.15, 0.2) is 0 Å². The quantitative estimate of drug-likeness (QED) is 0.748. The first kappa shape index (κ1) is 19.6. The molecule has 0 saturated carbocycles. The van der Waals surface area contributed by atoms with E-state index in [4.69, 9.17) is 9.72 Å². The summed E-state index contributed by atoms with van der Waals surface area (Å²) in [4.78, 5) is 21.9. The monoisotopic (exact) mass is 399 g/mol. The molecule has 28 heavy (non-hydrogen) atoms. The number of thiazole rings is 1. The third-order valence-electron chi connectivity index (χ3n) is 5.76. The maximum atomic E-state index is 12.6. The summed E-state index contributed by atoms with van der Waals surface area (Å²) in [6.45, 7) is 6.80. The minimum absolute atomic E-state index is 0.279. The van der Waals surface area contributed by atoms with E-state index in [2.05, 4.69) is 27.3 Å². The summed E-state index contributed by atoms with van der Waals surface area (Å²) >= 11 is 1.66. The second kappa shape index (κ2) is 9.63. The number of aromatic nitrogens is 1. The standard InChI is InChI=1S/C22H29N3O2S/c26-22(7-6-21-23-20(17-28-21)19-4-2-1-3-5-19)25-10-8-18(9-11-25)16-24-12-14-27-15-13-24/h1-5,17-18H,6-16H2. The van der Waals surface area contributed by atoms with Crippen LogP contribution in [0.15, 0.2) is 35.7 Å². The Morgan fingerprint density at radius 2 is 1.86 bits per heavy atom. The van der Waals surface area contributed by atoms with Gasteiger partial charge >= 0.3 is 0 Å². The number of carbonyl (C=O) groups is 1. The smallest absolute Gasteiger partial charge is 0.222 e. The van der Waals surface area contributed by atoms with Crippen LogP contribution in [0.25, 0.3) is 11.3 Å². The van der Waals surface area contributed by atoms with Crippen LogP contribution < -0.4 is 0 Å². The van der Waals surface area contributed by atoms with Gasteiger partial charge in [0.2, 0.25) is 5.91 Å². The molecule has 2 aromatic rings. The van der Waals surface area contributed by atoms with Crippen molar-refractivity contribution < 1.29 is 9.53 Å². The van der Waals surface area contributed by atoms with E-state index in [1.54, 1.807) is 11.3 Å². The molecule has 2 aliphatic rings. The Hall–Kier alpha value is -1.76. The van der Waals surface area contributed by atoms with Gasteiger partial charge in [-0.25, -0.2) is 4.98 Å². The average molecular weight is 400 g/mol. The van der Waals surface area contributed by atoms with Crippen molar-refractivity contribution in [2.75, 3.05) is 45.9 Å². The molecule has 0 atom stereocenters. The molecule has 1 aromatic heterocycles. The number of likely N-dealkylation sites (tertiary alicyclic amines) is 1. The fourth-order valence-corrected chi connectivity index (χ4v) is 4.86. The van der Waals surface area contributed by atoms with Crippen molar-refractivity contribution in [1.29, 1.82) is 0 Å². The first-order valence-corrected chi connectivity index (χ1v) is 11.2. The first-order valence-electron chi connectivity index (χ1n) is 10.4. The molecule has 1 amide bonds. The number of amides is 1. The minimum atomic E-state index is 0.279. The summed E-state index contributed by atoms with van der Waals surface area (Å²) in [6, 6.07) is 10.2. The number of hydrogen-bond acceptors (Lipinski definition) is 5. The number of carbonyl (C=O) groups excluding carboxylic acids is 1. The maximum Gasteiger partial charge on any atom is 0.222 e.